The lowest BCUT2D eigenvalue weighted by Gasteiger charge is -2.20. The van der Waals surface area contributed by atoms with Crippen molar-refractivity contribution in [3.05, 3.63) is 80.6 Å². The number of hydrazone groups is 1. The molecule has 162 valence electrons. The number of nitrogens with one attached hydrogen (secondary N) is 2. The summed E-state index contributed by atoms with van der Waals surface area (Å²) in [5.41, 5.74) is 5.14. The standard InChI is InChI=1S/C20H17Cl3N4O3S/c1-11-19(10-24-30-11)31(28,29)27-20(15-7-6-14(22)8-16(15)23)18-9-17(25-26-18)12-2-4-13(21)5-3-12/h2-8,10,17,20,25,27H,9H2,1H3. The van der Waals surface area contributed by atoms with Gasteiger partial charge in [-0.25, -0.2) is 8.42 Å². The fourth-order valence-corrected chi connectivity index (χ4v) is 5.29. The van der Waals surface area contributed by atoms with E-state index < -0.39 is 16.1 Å². The first-order valence-electron chi connectivity index (χ1n) is 9.20. The summed E-state index contributed by atoms with van der Waals surface area (Å²) in [6, 6.07) is 11.3. The van der Waals surface area contributed by atoms with Crippen molar-refractivity contribution in [3.8, 4) is 0 Å². The first-order valence-corrected chi connectivity index (χ1v) is 11.8. The normalized spacial score (nSPS) is 17.3. The minimum atomic E-state index is -3.97. The Kier molecular flexibility index (Phi) is 6.27. The number of halogens is 3. The highest BCUT2D eigenvalue weighted by atomic mass is 35.5. The van der Waals surface area contributed by atoms with E-state index in [-0.39, 0.29) is 16.7 Å². The van der Waals surface area contributed by atoms with Crippen molar-refractivity contribution in [2.45, 2.75) is 30.3 Å². The molecule has 3 aromatic rings. The smallest absolute Gasteiger partial charge is 0.246 e. The number of nitrogens with zero attached hydrogens (tertiary/aromatic N) is 2. The van der Waals surface area contributed by atoms with E-state index in [9.17, 15) is 8.42 Å². The lowest BCUT2D eigenvalue weighted by molar-refractivity contribution is 0.394. The van der Waals surface area contributed by atoms with Crippen LogP contribution in [0.15, 0.2) is 63.2 Å². The summed E-state index contributed by atoms with van der Waals surface area (Å²) in [5, 5.41) is 9.37. The zero-order valence-corrected chi connectivity index (χ0v) is 19.2. The predicted molar refractivity (Wildman–Crippen MR) is 120 cm³/mol. The number of sulfonamides is 1. The van der Waals surface area contributed by atoms with Gasteiger partial charge in [0, 0.05) is 21.5 Å². The molecule has 11 heteroatoms. The molecule has 0 fully saturated rings. The molecule has 0 aliphatic carbocycles. The van der Waals surface area contributed by atoms with Crippen molar-refractivity contribution < 1.29 is 12.9 Å². The molecule has 0 bridgehead atoms. The van der Waals surface area contributed by atoms with Gasteiger partial charge in [0.05, 0.1) is 24.0 Å². The van der Waals surface area contributed by atoms with Gasteiger partial charge in [-0.2, -0.15) is 9.82 Å². The minimum Gasteiger partial charge on any atom is -0.360 e. The molecular weight excluding hydrogens is 483 g/mol. The van der Waals surface area contributed by atoms with Crippen LogP contribution in [0.2, 0.25) is 15.1 Å². The Morgan fingerprint density at radius 1 is 1.13 bits per heavy atom. The second-order valence-electron chi connectivity index (χ2n) is 7.01. The largest absolute Gasteiger partial charge is 0.360 e. The second kappa shape index (κ2) is 8.80. The molecule has 2 atom stereocenters. The molecule has 0 amide bonds. The zero-order chi connectivity index (χ0) is 22.2. The van der Waals surface area contributed by atoms with E-state index in [1.807, 2.05) is 12.1 Å². The molecule has 4 rings (SSSR count). The van der Waals surface area contributed by atoms with Crippen LogP contribution in [0.3, 0.4) is 0 Å². The van der Waals surface area contributed by atoms with Crippen LogP contribution >= 0.6 is 34.8 Å². The van der Waals surface area contributed by atoms with E-state index in [1.165, 1.54) is 6.92 Å². The van der Waals surface area contributed by atoms with Gasteiger partial charge in [0.15, 0.2) is 5.76 Å². The zero-order valence-electron chi connectivity index (χ0n) is 16.1. The molecule has 2 heterocycles. The van der Waals surface area contributed by atoms with Crippen molar-refractivity contribution in [1.82, 2.24) is 15.3 Å². The molecule has 1 aliphatic rings. The maximum atomic E-state index is 13.1. The van der Waals surface area contributed by atoms with E-state index in [2.05, 4.69) is 20.4 Å². The monoisotopic (exact) mass is 498 g/mol. The molecule has 0 saturated carbocycles. The topological polar surface area (TPSA) is 96.6 Å². The summed E-state index contributed by atoms with van der Waals surface area (Å²) in [7, 11) is -3.97. The number of aryl methyl sites for hydroxylation is 1. The summed E-state index contributed by atoms with van der Waals surface area (Å²) in [6.45, 7) is 1.52. The highest BCUT2D eigenvalue weighted by molar-refractivity contribution is 7.89. The van der Waals surface area contributed by atoms with Gasteiger partial charge < -0.3 is 9.95 Å². The highest BCUT2D eigenvalue weighted by Crippen LogP contribution is 2.33. The molecule has 0 saturated heterocycles. The van der Waals surface area contributed by atoms with Crippen LogP contribution in [0.4, 0.5) is 0 Å². The number of hydrogen-bond donors (Lipinski definition) is 2. The maximum absolute atomic E-state index is 13.1. The Hall–Kier alpha value is -2.10. The van der Waals surface area contributed by atoms with E-state index in [4.69, 9.17) is 39.3 Å². The summed E-state index contributed by atoms with van der Waals surface area (Å²) in [4.78, 5) is -0.0524. The molecule has 0 spiro atoms. The average Bonchev–Trinajstić information content (AvgIpc) is 3.37. The van der Waals surface area contributed by atoms with Gasteiger partial charge in [-0.1, -0.05) is 58.2 Å². The number of hydrogen-bond acceptors (Lipinski definition) is 6. The third kappa shape index (κ3) is 4.73. The molecular formula is C20H17Cl3N4O3S. The quantitative estimate of drug-likeness (QED) is 0.494. The Morgan fingerprint density at radius 3 is 2.48 bits per heavy atom. The van der Waals surface area contributed by atoms with Crippen LogP contribution in [0.5, 0.6) is 0 Å². The van der Waals surface area contributed by atoms with Crippen molar-refractivity contribution in [2.75, 3.05) is 0 Å². The summed E-state index contributed by atoms with van der Waals surface area (Å²) >= 11 is 18.4. The van der Waals surface area contributed by atoms with Crippen molar-refractivity contribution in [2.24, 2.45) is 5.10 Å². The molecule has 0 radical (unpaired) electrons. The van der Waals surface area contributed by atoms with Gasteiger partial charge in [-0.05, 0) is 42.3 Å². The van der Waals surface area contributed by atoms with Crippen LogP contribution < -0.4 is 10.1 Å². The fraction of sp³-hybridized carbons (Fsp3) is 0.200. The number of aromatic nitrogens is 1. The summed E-state index contributed by atoms with van der Waals surface area (Å²) in [5.74, 6) is 0.180. The third-order valence-corrected chi connectivity index (χ3v) is 7.26. The molecule has 1 aromatic heterocycles. The van der Waals surface area contributed by atoms with Gasteiger partial charge in [-0.3, -0.25) is 0 Å². The highest BCUT2D eigenvalue weighted by Gasteiger charge is 2.33. The minimum absolute atomic E-state index is 0.0524. The van der Waals surface area contributed by atoms with E-state index in [1.54, 1.807) is 30.3 Å². The first-order chi connectivity index (χ1) is 14.7. The second-order valence-corrected chi connectivity index (χ2v) is 9.97. The Bertz CT molecular complexity index is 1240. The maximum Gasteiger partial charge on any atom is 0.246 e. The van der Waals surface area contributed by atoms with Gasteiger partial charge >= 0.3 is 0 Å². The Morgan fingerprint density at radius 2 is 1.84 bits per heavy atom. The van der Waals surface area contributed by atoms with Gasteiger partial charge in [0.25, 0.3) is 0 Å². The summed E-state index contributed by atoms with van der Waals surface area (Å²) in [6.07, 6.45) is 1.61. The lowest BCUT2D eigenvalue weighted by atomic mass is 9.96. The average molecular weight is 500 g/mol. The molecule has 7 nitrogen and oxygen atoms in total. The van der Waals surface area contributed by atoms with Crippen molar-refractivity contribution in [1.29, 1.82) is 0 Å². The molecule has 2 N–H and O–H groups in total. The van der Waals surface area contributed by atoms with Gasteiger partial charge in [0.2, 0.25) is 10.0 Å². The van der Waals surface area contributed by atoms with E-state index in [0.29, 0.717) is 32.8 Å². The molecule has 1 aliphatic heterocycles. The Labute approximate surface area is 194 Å². The molecule has 2 aromatic carbocycles. The Balaban J connectivity index is 1.68. The van der Waals surface area contributed by atoms with Gasteiger partial charge in [0.1, 0.15) is 4.90 Å². The summed E-state index contributed by atoms with van der Waals surface area (Å²) < 4.78 is 33.7. The van der Waals surface area contributed by atoms with Crippen LogP contribution in [0.1, 0.15) is 35.4 Å². The number of rotatable bonds is 6. The van der Waals surface area contributed by atoms with Crippen LogP contribution in [0, 0.1) is 6.92 Å². The van der Waals surface area contributed by atoms with Crippen molar-refractivity contribution >= 4 is 50.5 Å². The van der Waals surface area contributed by atoms with E-state index >= 15 is 0 Å². The van der Waals surface area contributed by atoms with Crippen LogP contribution in [-0.4, -0.2) is 19.3 Å². The van der Waals surface area contributed by atoms with Crippen LogP contribution in [-0.2, 0) is 10.0 Å². The molecule has 2 unspecified atom stereocenters. The van der Waals surface area contributed by atoms with Crippen molar-refractivity contribution in [3.63, 3.8) is 0 Å². The van der Waals surface area contributed by atoms with Gasteiger partial charge in [-0.15, -0.1) is 0 Å². The SMILES string of the molecule is Cc1oncc1S(=O)(=O)NC(C1=NNC(c2ccc(Cl)cc2)C1)c1ccc(Cl)cc1Cl. The van der Waals surface area contributed by atoms with E-state index in [0.717, 1.165) is 11.8 Å². The third-order valence-electron chi connectivity index (χ3n) is 4.93. The lowest BCUT2D eigenvalue weighted by Crippen LogP contribution is -2.34. The number of benzene rings is 2. The predicted octanol–water partition coefficient (Wildman–Crippen LogP) is 5.05. The van der Waals surface area contributed by atoms with Crippen LogP contribution in [0.25, 0.3) is 0 Å². The molecule has 31 heavy (non-hydrogen) atoms. The fourth-order valence-electron chi connectivity index (χ4n) is 3.34. The first kappa shape index (κ1) is 22.1.